The van der Waals surface area contributed by atoms with Crippen LogP contribution in [0.3, 0.4) is 0 Å². The Hall–Kier alpha value is -3.30. The summed E-state index contributed by atoms with van der Waals surface area (Å²) in [6, 6.07) is 14.4. The van der Waals surface area contributed by atoms with E-state index in [0.29, 0.717) is 24.8 Å². The van der Waals surface area contributed by atoms with Crippen molar-refractivity contribution in [1.29, 1.82) is 0 Å². The molecule has 0 N–H and O–H groups in total. The van der Waals surface area contributed by atoms with E-state index in [9.17, 15) is 9.59 Å². The molecule has 1 heterocycles. The maximum Gasteiger partial charge on any atom is 0.323 e. The summed E-state index contributed by atoms with van der Waals surface area (Å²) in [6.45, 7) is 8.71. The number of hydrogen-bond acceptors (Lipinski definition) is 2. The average Bonchev–Trinajstić information content (AvgIpc) is 3.19. The predicted molar refractivity (Wildman–Crippen MR) is 145 cm³/mol. The molecule has 4 rings (SSSR count). The van der Waals surface area contributed by atoms with Gasteiger partial charge in [-0.3, -0.25) is 14.2 Å². The number of benzene rings is 2. The average molecular weight is 484 g/mol. The molecule has 0 aliphatic heterocycles. The summed E-state index contributed by atoms with van der Waals surface area (Å²) in [5, 5.41) is 1.07. The van der Waals surface area contributed by atoms with E-state index in [4.69, 9.17) is 5.53 Å². The third kappa shape index (κ3) is 5.27. The van der Waals surface area contributed by atoms with Crippen molar-refractivity contribution in [3.63, 3.8) is 0 Å². The van der Waals surface area contributed by atoms with Crippen LogP contribution >= 0.6 is 0 Å². The minimum Gasteiger partial charge on any atom is -0.361 e. The van der Waals surface area contributed by atoms with Crippen LogP contribution in [0.5, 0.6) is 0 Å². The Morgan fingerprint density at radius 2 is 1.83 bits per heavy atom. The second-order valence-electron chi connectivity index (χ2n) is 11.1. The minimum absolute atomic E-state index is 0.0217. The number of nitrogens with zero attached hydrogens (tertiary/aromatic N) is 3. The predicted octanol–water partition coefficient (Wildman–Crippen LogP) is 6.72. The molecular formula is C31H37N3O2. The third-order valence-electron chi connectivity index (χ3n) is 7.53. The standard InChI is InChI=1S/C31H37N3O2/c1-5-6-7-8-9-21-10-16-27-25(18-21)26-19-23(29(35)20-33-32)13-17-28(26)34(27)30(36)22-11-14-24(15-12-22)31(2,3)4/h10-12,14-16,18,20,23H,5-9,13,17,19H2,1-4H3. The number of fused-ring (bicyclic) bond motifs is 3. The number of rotatable bonds is 8. The van der Waals surface area contributed by atoms with E-state index in [1.165, 1.54) is 30.4 Å². The largest absolute Gasteiger partial charge is 0.361 e. The van der Waals surface area contributed by atoms with E-state index >= 15 is 0 Å². The lowest BCUT2D eigenvalue weighted by atomic mass is 9.83. The first-order valence-electron chi connectivity index (χ1n) is 13.3. The zero-order chi connectivity index (χ0) is 25.9. The van der Waals surface area contributed by atoms with Gasteiger partial charge in [-0.05, 0) is 78.5 Å². The molecule has 36 heavy (non-hydrogen) atoms. The smallest absolute Gasteiger partial charge is 0.323 e. The number of carbonyl (C=O) groups excluding carboxylic acids is 2. The molecule has 1 aliphatic carbocycles. The van der Waals surface area contributed by atoms with Gasteiger partial charge in [0.2, 0.25) is 5.78 Å². The normalized spacial score (nSPS) is 15.4. The van der Waals surface area contributed by atoms with Crippen LogP contribution in [0.25, 0.3) is 16.4 Å². The van der Waals surface area contributed by atoms with E-state index in [1.54, 1.807) is 0 Å². The van der Waals surface area contributed by atoms with Gasteiger partial charge < -0.3 is 5.53 Å². The van der Waals surface area contributed by atoms with Crippen LogP contribution in [-0.4, -0.2) is 27.3 Å². The van der Waals surface area contributed by atoms with E-state index < -0.39 is 0 Å². The lowest BCUT2D eigenvalue weighted by Crippen LogP contribution is -2.25. The molecule has 1 unspecified atom stereocenters. The zero-order valence-electron chi connectivity index (χ0n) is 22.0. The molecule has 188 valence electrons. The number of aromatic nitrogens is 1. The molecular weight excluding hydrogens is 446 g/mol. The fraction of sp³-hybridized carbons (Fsp3) is 0.452. The number of Topliss-reactive ketones (excluding diaryl/α,β-unsaturated/α-hetero) is 1. The maximum atomic E-state index is 13.8. The monoisotopic (exact) mass is 483 g/mol. The van der Waals surface area contributed by atoms with Gasteiger partial charge in [0.15, 0.2) is 0 Å². The van der Waals surface area contributed by atoms with E-state index in [-0.39, 0.29) is 23.0 Å². The van der Waals surface area contributed by atoms with Crippen molar-refractivity contribution in [2.45, 2.75) is 84.5 Å². The van der Waals surface area contributed by atoms with Gasteiger partial charge in [-0.15, -0.1) is 0 Å². The number of hydrogen-bond donors (Lipinski definition) is 0. The molecule has 0 saturated heterocycles. The molecule has 2 aromatic carbocycles. The van der Waals surface area contributed by atoms with Gasteiger partial charge in [-0.2, -0.15) is 4.79 Å². The highest BCUT2D eigenvalue weighted by atomic mass is 16.2. The highest BCUT2D eigenvalue weighted by Gasteiger charge is 2.32. The summed E-state index contributed by atoms with van der Waals surface area (Å²) < 4.78 is 1.87. The summed E-state index contributed by atoms with van der Waals surface area (Å²) >= 11 is 0. The molecule has 0 fully saturated rings. The van der Waals surface area contributed by atoms with E-state index in [0.717, 1.165) is 41.2 Å². The number of unbranched alkanes of at least 4 members (excludes halogenated alkanes) is 3. The van der Waals surface area contributed by atoms with Crippen molar-refractivity contribution in [1.82, 2.24) is 4.57 Å². The second kappa shape index (κ2) is 10.8. The highest BCUT2D eigenvalue weighted by Crippen LogP contribution is 2.36. The van der Waals surface area contributed by atoms with Crippen molar-refractivity contribution in [2.75, 3.05) is 0 Å². The van der Waals surface area contributed by atoms with Crippen LogP contribution in [0.4, 0.5) is 0 Å². The molecule has 1 aliphatic rings. The molecule has 0 bridgehead atoms. The molecule has 5 nitrogen and oxygen atoms in total. The van der Waals surface area contributed by atoms with E-state index in [2.05, 4.69) is 50.7 Å². The molecule has 0 saturated carbocycles. The number of carbonyl (C=O) groups is 2. The molecule has 5 heteroatoms. The van der Waals surface area contributed by atoms with Gasteiger partial charge >= 0.3 is 6.21 Å². The fourth-order valence-corrected chi connectivity index (χ4v) is 5.40. The number of aryl methyl sites for hydroxylation is 1. The Bertz CT molecular complexity index is 1320. The summed E-state index contributed by atoms with van der Waals surface area (Å²) in [5.41, 5.74) is 15.0. The summed E-state index contributed by atoms with van der Waals surface area (Å²) in [4.78, 5) is 29.3. The van der Waals surface area contributed by atoms with Gasteiger partial charge in [-0.25, -0.2) is 0 Å². The lowest BCUT2D eigenvalue weighted by molar-refractivity contribution is -0.119. The Morgan fingerprint density at radius 1 is 1.08 bits per heavy atom. The zero-order valence-corrected chi connectivity index (χ0v) is 22.0. The van der Waals surface area contributed by atoms with Crippen LogP contribution in [0.2, 0.25) is 0 Å². The van der Waals surface area contributed by atoms with Crippen LogP contribution < -0.4 is 0 Å². The third-order valence-corrected chi connectivity index (χ3v) is 7.53. The summed E-state index contributed by atoms with van der Waals surface area (Å²) in [5.74, 6) is -0.426. The van der Waals surface area contributed by atoms with Crippen LogP contribution in [-0.2, 0) is 29.5 Å². The number of ketones is 1. The van der Waals surface area contributed by atoms with Crippen LogP contribution in [0, 0.1) is 5.92 Å². The SMILES string of the molecule is CCCCCCc1ccc2c(c1)c1c(n2C(=O)c2ccc(C(C)(C)C)cc2)CCC(C(=O)C=[N+]=[N-])C1. The first-order valence-corrected chi connectivity index (χ1v) is 13.3. The topological polar surface area (TPSA) is 75.5 Å². The van der Waals surface area contributed by atoms with E-state index in [1.807, 2.05) is 28.8 Å². The molecule has 0 spiro atoms. The Morgan fingerprint density at radius 3 is 2.50 bits per heavy atom. The van der Waals surface area contributed by atoms with Gasteiger partial charge in [-0.1, -0.05) is 65.2 Å². The molecule has 3 aromatic rings. The van der Waals surface area contributed by atoms with Gasteiger partial charge in [0.1, 0.15) is 0 Å². The van der Waals surface area contributed by atoms with Crippen molar-refractivity contribution < 1.29 is 14.4 Å². The van der Waals surface area contributed by atoms with Crippen LogP contribution in [0.15, 0.2) is 42.5 Å². The second-order valence-corrected chi connectivity index (χ2v) is 11.1. The summed E-state index contributed by atoms with van der Waals surface area (Å²) in [6.07, 6.45) is 8.66. The molecule has 0 radical (unpaired) electrons. The van der Waals surface area contributed by atoms with Crippen molar-refractivity contribution in [3.8, 4) is 0 Å². The fourth-order valence-electron chi connectivity index (χ4n) is 5.40. The van der Waals surface area contributed by atoms with Crippen molar-refractivity contribution >= 4 is 28.8 Å². The maximum absolute atomic E-state index is 13.8. The molecule has 1 aromatic heterocycles. The Balaban J connectivity index is 1.76. The molecule has 1 atom stereocenters. The molecule has 0 amide bonds. The Labute approximate surface area is 214 Å². The summed E-state index contributed by atoms with van der Waals surface area (Å²) in [7, 11) is 0. The Kier molecular flexibility index (Phi) is 7.70. The highest BCUT2D eigenvalue weighted by molar-refractivity contribution is 6.26. The minimum atomic E-state index is -0.234. The first-order chi connectivity index (χ1) is 17.2. The lowest BCUT2D eigenvalue weighted by Gasteiger charge is -2.21. The first kappa shape index (κ1) is 25.8. The quantitative estimate of drug-likeness (QED) is 0.154. The van der Waals surface area contributed by atoms with Crippen LogP contribution in [0.1, 0.15) is 92.5 Å². The van der Waals surface area contributed by atoms with Crippen molar-refractivity contribution in [2.24, 2.45) is 5.92 Å². The van der Waals surface area contributed by atoms with Gasteiger partial charge in [0.05, 0.1) is 5.52 Å². The van der Waals surface area contributed by atoms with Gasteiger partial charge in [0.25, 0.3) is 5.91 Å². The van der Waals surface area contributed by atoms with Gasteiger partial charge in [0, 0.05) is 22.6 Å². The van der Waals surface area contributed by atoms with Crippen molar-refractivity contribution in [3.05, 3.63) is 75.9 Å².